The van der Waals surface area contributed by atoms with Crippen molar-refractivity contribution in [1.82, 2.24) is 14.7 Å². The van der Waals surface area contributed by atoms with Crippen molar-refractivity contribution in [1.29, 1.82) is 0 Å². The average molecular weight is 351 g/mol. The predicted molar refractivity (Wildman–Crippen MR) is 101 cm³/mol. The van der Waals surface area contributed by atoms with Crippen molar-refractivity contribution < 1.29 is 9.21 Å². The lowest BCUT2D eigenvalue weighted by Crippen LogP contribution is -2.27. The van der Waals surface area contributed by atoms with E-state index in [1.54, 1.807) is 11.2 Å². The lowest BCUT2D eigenvalue weighted by Gasteiger charge is -2.20. The van der Waals surface area contributed by atoms with Gasteiger partial charge in [0.15, 0.2) is 0 Å². The van der Waals surface area contributed by atoms with Gasteiger partial charge in [-0.3, -0.25) is 9.48 Å². The molecule has 1 unspecified atom stereocenters. The van der Waals surface area contributed by atoms with Crippen LogP contribution >= 0.6 is 0 Å². The van der Waals surface area contributed by atoms with Crippen molar-refractivity contribution in [2.75, 3.05) is 7.05 Å². The molecule has 5 nitrogen and oxygen atoms in total. The van der Waals surface area contributed by atoms with E-state index in [1.165, 1.54) is 5.56 Å². The minimum atomic E-state index is 0.0284. The molecule has 1 aromatic carbocycles. The molecule has 1 amide bonds. The molecule has 3 rings (SSSR count). The van der Waals surface area contributed by atoms with Gasteiger partial charge in [0.1, 0.15) is 5.76 Å². The van der Waals surface area contributed by atoms with Crippen molar-refractivity contribution in [2.24, 2.45) is 0 Å². The molecule has 0 aliphatic rings. The number of benzene rings is 1. The third kappa shape index (κ3) is 4.63. The van der Waals surface area contributed by atoms with Crippen LogP contribution in [0.3, 0.4) is 0 Å². The van der Waals surface area contributed by atoms with Crippen LogP contribution in [0.5, 0.6) is 0 Å². The normalized spacial score (nSPS) is 12.1. The molecular weight excluding hydrogens is 326 g/mol. The molecule has 1 atom stereocenters. The fourth-order valence-electron chi connectivity index (χ4n) is 3.09. The summed E-state index contributed by atoms with van der Waals surface area (Å²) in [5.41, 5.74) is 2.24. The molecule has 0 saturated heterocycles. The zero-order valence-electron chi connectivity index (χ0n) is 15.3. The standard InChI is InChI=1S/C21H25N3O2/c1-3-24-16-18(14-22-24)15-23(2)21(25)13-19(20-10-7-11-26-20)12-17-8-5-4-6-9-17/h4-11,14,16,19H,3,12-13,15H2,1-2H3. The van der Waals surface area contributed by atoms with Crippen LogP contribution in [-0.4, -0.2) is 27.6 Å². The Morgan fingerprint density at radius 3 is 2.65 bits per heavy atom. The number of furan rings is 1. The van der Waals surface area contributed by atoms with Crippen LogP contribution in [0.15, 0.2) is 65.5 Å². The summed E-state index contributed by atoms with van der Waals surface area (Å²) in [5.74, 6) is 0.988. The minimum absolute atomic E-state index is 0.0284. The first-order valence-electron chi connectivity index (χ1n) is 8.98. The van der Waals surface area contributed by atoms with E-state index >= 15 is 0 Å². The van der Waals surface area contributed by atoms with Crippen LogP contribution in [0, 0.1) is 0 Å². The molecule has 0 aliphatic heterocycles. The number of aromatic nitrogens is 2. The van der Waals surface area contributed by atoms with E-state index in [4.69, 9.17) is 4.42 Å². The van der Waals surface area contributed by atoms with Gasteiger partial charge >= 0.3 is 0 Å². The van der Waals surface area contributed by atoms with Gasteiger partial charge in [0, 0.05) is 44.2 Å². The van der Waals surface area contributed by atoms with E-state index in [1.807, 2.05) is 61.4 Å². The van der Waals surface area contributed by atoms with E-state index in [0.717, 1.165) is 24.3 Å². The Bertz CT molecular complexity index is 809. The topological polar surface area (TPSA) is 51.3 Å². The summed E-state index contributed by atoms with van der Waals surface area (Å²) in [6.45, 7) is 3.44. The van der Waals surface area contributed by atoms with Crippen molar-refractivity contribution in [3.63, 3.8) is 0 Å². The van der Waals surface area contributed by atoms with E-state index in [2.05, 4.69) is 17.2 Å². The highest BCUT2D eigenvalue weighted by molar-refractivity contribution is 5.76. The van der Waals surface area contributed by atoms with Crippen molar-refractivity contribution in [3.8, 4) is 0 Å². The third-order valence-electron chi connectivity index (χ3n) is 4.55. The van der Waals surface area contributed by atoms with Crippen molar-refractivity contribution >= 4 is 5.91 Å². The van der Waals surface area contributed by atoms with Gasteiger partial charge in [-0.1, -0.05) is 30.3 Å². The zero-order valence-corrected chi connectivity index (χ0v) is 15.3. The fourth-order valence-corrected chi connectivity index (χ4v) is 3.09. The highest BCUT2D eigenvalue weighted by Gasteiger charge is 2.21. The first-order chi connectivity index (χ1) is 12.7. The quantitative estimate of drug-likeness (QED) is 0.619. The van der Waals surface area contributed by atoms with Crippen LogP contribution < -0.4 is 0 Å². The molecule has 0 radical (unpaired) electrons. The van der Waals surface area contributed by atoms with Crippen LogP contribution in [-0.2, 0) is 24.3 Å². The Labute approximate surface area is 154 Å². The summed E-state index contributed by atoms with van der Waals surface area (Å²) in [6.07, 6.45) is 6.67. The lowest BCUT2D eigenvalue weighted by atomic mass is 9.93. The molecule has 0 fully saturated rings. The SMILES string of the molecule is CCn1cc(CN(C)C(=O)CC(Cc2ccccc2)c2ccco2)cn1. The molecule has 0 aliphatic carbocycles. The summed E-state index contributed by atoms with van der Waals surface area (Å²) >= 11 is 0. The Hall–Kier alpha value is -2.82. The predicted octanol–water partition coefficient (Wildman–Crippen LogP) is 3.87. The van der Waals surface area contributed by atoms with Gasteiger partial charge in [-0.2, -0.15) is 5.10 Å². The maximum Gasteiger partial charge on any atom is 0.223 e. The highest BCUT2D eigenvalue weighted by Crippen LogP contribution is 2.26. The van der Waals surface area contributed by atoms with E-state index in [9.17, 15) is 4.79 Å². The van der Waals surface area contributed by atoms with Gasteiger partial charge in [-0.15, -0.1) is 0 Å². The van der Waals surface area contributed by atoms with Gasteiger partial charge < -0.3 is 9.32 Å². The smallest absolute Gasteiger partial charge is 0.223 e. The van der Waals surface area contributed by atoms with E-state index in [-0.39, 0.29) is 11.8 Å². The number of hydrogen-bond donors (Lipinski definition) is 0. The molecule has 3 aromatic rings. The van der Waals surface area contributed by atoms with Gasteiger partial charge in [-0.25, -0.2) is 0 Å². The number of amides is 1. The van der Waals surface area contributed by atoms with Gasteiger partial charge in [0.05, 0.1) is 12.5 Å². The summed E-state index contributed by atoms with van der Waals surface area (Å²) in [5, 5.41) is 4.27. The molecule has 2 aromatic heterocycles. The molecule has 0 saturated carbocycles. The Morgan fingerprint density at radius 1 is 1.19 bits per heavy atom. The second-order valence-electron chi connectivity index (χ2n) is 6.56. The van der Waals surface area contributed by atoms with Crippen LogP contribution in [0.4, 0.5) is 0 Å². The van der Waals surface area contributed by atoms with Crippen molar-refractivity contribution in [2.45, 2.75) is 38.8 Å². The second-order valence-corrected chi connectivity index (χ2v) is 6.56. The molecule has 26 heavy (non-hydrogen) atoms. The number of rotatable bonds is 8. The third-order valence-corrected chi connectivity index (χ3v) is 4.55. The second kappa shape index (κ2) is 8.52. The Balaban J connectivity index is 1.66. The summed E-state index contributed by atoms with van der Waals surface area (Å²) in [7, 11) is 1.84. The molecule has 0 spiro atoms. The summed E-state index contributed by atoms with van der Waals surface area (Å²) in [4.78, 5) is 14.5. The Morgan fingerprint density at radius 2 is 2.00 bits per heavy atom. The summed E-state index contributed by atoms with van der Waals surface area (Å²) < 4.78 is 7.47. The number of aryl methyl sites for hydroxylation is 1. The first-order valence-corrected chi connectivity index (χ1v) is 8.98. The van der Waals surface area contributed by atoms with Crippen molar-refractivity contribution in [3.05, 3.63) is 78.0 Å². The lowest BCUT2D eigenvalue weighted by molar-refractivity contribution is -0.130. The maximum atomic E-state index is 12.8. The largest absolute Gasteiger partial charge is 0.469 e. The van der Waals surface area contributed by atoms with Crippen LogP contribution in [0.1, 0.15) is 36.1 Å². The van der Waals surface area contributed by atoms with E-state index < -0.39 is 0 Å². The fraction of sp³-hybridized carbons (Fsp3) is 0.333. The monoisotopic (exact) mass is 351 g/mol. The number of carbonyl (C=O) groups excluding carboxylic acids is 1. The summed E-state index contributed by atoms with van der Waals surface area (Å²) in [6, 6.07) is 14.0. The number of hydrogen-bond acceptors (Lipinski definition) is 3. The van der Waals surface area contributed by atoms with E-state index in [0.29, 0.717) is 13.0 Å². The molecule has 5 heteroatoms. The number of nitrogens with zero attached hydrogens (tertiary/aromatic N) is 3. The van der Waals surface area contributed by atoms with Crippen LogP contribution in [0.2, 0.25) is 0 Å². The minimum Gasteiger partial charge on any atom is -0.469 e. The molecule has 0 bridgehead atoms. The Kier molecular flexibility index (Phi) is 5.89. The number of carbonyl (C=O) groups is 1. The van der Waals surface area contributed by atoms with Gasteiger partial charge in [0.2, 0.25) is 5.91 Å². The highest BCUT2D eigenvalue weighted by atomic mass is 16.3. The molecule has 0 N–H and O–H groups in total. The zero-order chi connectivity index (χ0) is 18.4. The van der Waals surface area contributed by atoms with Gasteiger partial charge in [0.25, 0.3) is 0 Å². The van der Waals surface area contributed by atoms with Crippen LogP contribution in [0.25, 0.3) is 0 Å². The maximum absolute atomic E-state index is 12.8. The molecular formula is C21H25N3O2. The molecule has 136 valence electrons. The van der Waals surface area contributed by atoms with Gasteiger partial charge in [-0.05, 0) is 31.0 Å². The average Bonchev–Trinajstić information content (AvgIpc) is 3.33. The molecule has 2 heterocycles. The first kappa shape index (κ1) is 18.0.